The summed E-state index contributed by atoms with van der Waals surface area (Å²) in [5.74, 6) is -0.0711. The molecule has 1 aliphatic heterocycles. The third kappa shape index (κ3) is 5.27. The molecule has 1 atom stereocenters. The van der Waals surface area contributed by atoms with Crippen molar-refractivity contribution in [2.75, 3.05) is 11.9 Å². The van der Waals surface area contributed by atoms with E-state index in [1.807, 2.05) is 4.90 Å². The van der Waals surface area contributed by atoms with Gasteiger partial charge >= 0.3 is 0 Å². The summed E-state index contributed by atoms with van der Waals surface area (Å²) in [6, 6.07) is 0.346. The largest absolute Gasteiger partial charge is 0.340 e. The Morgan fingerprint density at radius 1 is 1.26 bits per heavy atom. The van der Waals surface area contributed by atoms with Gasteiger partial charge in [-0.25, -0.2) is 0 Å². The lowest BCUT2D eigenvalue weighted by Gasteiger charge is -2.35. The van der Waals surface area contributed by atoms with Crippen molar-refractivity contribution in [3.63, 3.8) is 0 Å². The third-order valence-electron chi connectivity index (χ3n) is 4.16. The van der Waals surface area contributed by atoms with Crippen molar-refractivity contribution >= 4 is 28.3 Å². The maximum atomic E-state index is 12.3. The van der Waals surface area contributed by atoms with Gasteiger partial charge in [0.2, 0.25) is 16.9 Å². The monoisotopic (exact) mass is 338 g/mol. The van der Waals surface area contributed by atoms with Crippen LogP contribution in [-0.4, -0.2) is 39.5 Å². The lowest BCUT2D eigenvalue weighted by molar-refractivity contribution is -0.136. The van der Waals surface area contributed by atoms with E-state index in [4.69, 9.17) is 0 Å². The van der Waals surface area contributed by atoms with Crippen LogP contribution in [0.5, 0.6) is 0 Å². The molecule has 0 saturated carbocycles. The zero-order valence-corrected chi connectivity index (χ0v) is 14.8. The first kappa shape index (κ1) is 17.8. The van der Waals surface area contributed by atoms with Crippen LogP contribution in [0.1, 0.15) is 63.8 Å². The molecule has 0 aliphatic carbocycles. The second-order valence-electron chi connectivity index (χ2n) is 5.94. The highest BCUT2D eigenvalue weighted by molar-refractivity contribution is 7.15. The van der Waals surface area contributed by atoms with E-state index in [-0.39, 0.29) is 24.7 Å². The molecule has 1 aromatic heterocycles. The number of rotatable bonds is 7. The number of anilines is 1. The molecule has 0 aromatic carbocycles. The topological polar surface area (TPSA) is 75.2 Å². The van der Waals surface area contributed by atoms with Gasteiger partial charge in [0.1, 0.15) is 5.01 Å². The van der Waals surface area contributed by atoms with E-state index >= 15 is 0 Å². The minimum absolute atomic E-state index is 0.0932. The predicted molar refractivity (Wildman–Crippen MR) is 91.4 cm³/mol. The first-order chi connectivity index (χ1) is 11.1. The average molecular weight is 338 g/mol. The molecule has 0 unspecified atom stereocenters. The Kier molecular flexibility index (Phi) is 6.95. The van der Waals surface area contributed by atoms with Gasteiger partial charge in [0.25, 0.3) is 0 Å². The van der Waals surface area contributed by atoms with E-state index in [1.54, 1.807) is 0 Å². The number of carbonyl (C=O) groups excluding carboxylic acids is 2. The number of piperidine rings is 1. The zero-order valence-electron chi connectivity index (χ0n) is 14.0. The third-order valence-corrected chi connectivity index (χ3v) is 5.06. The predicted octanol–water partition coefficient (Wildman–Crippen LogP) is 3.00. The summed E-state index contributed by atoms with van der Waals surface area (Å²) in [6.45, 7) is 5.03. The fraction of sp³-hybridized carbons (Fsp3) is 0.750. The van der Waals surface area contributed by atoms with Gasteiger partial charge in [-0.05, 0) is 32.1 Å². The van der Waals surface area contributed by atoms with E-state index in [2.05, 4.69) is 29.4 Å². The molecule has 1 aromatic rings. The van der Waals surface area contributed by atoms with E-state index < -0.39 is 0 Å². The normalized spacial score (nSPS) is 18.0. The van der Waals surface area contributed by atoms with Gasteiger partial charge in [-0.1, -0.05) is 25.2 Å². The van der Waals surface area contributed by atoms with Crippen LogP contribution in [0.3, 0.4) is 0 Å². The maximum absolute atomic E-state index is 12.3. The van der Waals surface area contributed by atoms with Gasteiger partial charge in [-0.2, -0.15) is 0 Å². The van der Waals surface area contributed by atoms with Crippen molar-refractivity contribution in [2.24, 2.45) is 0 Å². The highest BCUT2D eigenvalue weighted by Gasteiger charge is 2.25. The molecule has 6 nitrogen and oxygen atoms in total. The molecule has 7 heteroatoms. The molecule has 1 saturated heterocycles. The number of aryl methyl sites for hydroxylation is 1. The van der Waals surface area contributed by atoms with Crippen LogP contribution in [0.25, 0.3) is 0 Å². The SMILES string of the molecule is CCCc1nnc(NC(=O)CCC(=O)N2CCCC[C@H]2CC)s1. The van der Waals surface area contributed by atoms with E-state index in [1.165, 1.54) is 17.8 Å². The molecule has 1 N–H and O–H groups in total. The quantitative estimate of drug-likeness (QED) is 0.829. The summed E-state index contributed by atoms with van der Waals surface area (Å²) < 4.78 is 0. The number of amides is 2. The van der Waals surface area contributed by atoms with Gasteiger partial charge in [-0.3, -0.25) is 9.59 Å². The highest BCUT2D eigenvalue weighted by Crippen LogP contribution is 2.21. The molecule has 1 aliphatic rings. The Balaban J connectivity index is 1.77. The lowest BCUT2D eigenvalue weighted by atomic mass is 9.99. The van der Waals surface area contributed by atoms with Crippen molar-refractivity contribution in [3.05, 3.63) is 5.01 Å². The molecule has 2 rings (SSSR count). The first-order valence-electron chi connectivity index (χ1n) is 8.55. The number of hydrogen-bond donors (Lipinski definition) is 1. The summed E-state index contributed by atoms with van der Waals surface area (Å²) >= 11 is 1.40. The van der Waals surface area contributed by atoms with Crippen LogP contribution in [0.4, 0.5) is 5.13 Å². The van der Waals surface area contributed by atoms with E-state index in [0.29, 0.717) is 11.2 Å². The molecule has 2 heterocycles. The smallest absolute Gasteiger partial charge is 0.226 e. The van der Waals surface area contributed by atoms with Crippen LogP contribution in [0.2, 0.25) is 0 Å². The molecule has 23 heavy (non-hydrogen) atoms. The molecular formula is C16H26N4O2S. The van der Waals surface area contributed by atoms with Crippen LogP contribution in [0, 0.1) is 0 Å². The van der Waals surface area contributed by atoms with Crippen molar-refractivity contribution in [1.82, 2.24) is 15.1 Å². The second kappa shape index (κ2) is 8.96. The highest BCUT2D eigenvalue weighted by atomic mass is 32.1. The zero-order chi connectivity index (χ0) is 16.7. The molecule has 0 spiro atoms. The fourth-order valence-corrected chi connectivity index (χ4v) is 3.78. The summed E-state index contributed by atoms with van der Waals surface area (Å²) in [6.07, 6.45) is 6.68. The number of hydrogen-bond acceptors (Lipinski definition) is 5. The van der Waals surface area contributed by atoms with Crippen LogP contribution in [0.15, 0.2) is 0 Å². The van der Waals surface area contributed by atoms with Crippen LogP contribution < -0.4 is 5.32 Å². The number of nitrogens with zero attached hydrogens (tertiary/aromatic N) is 3. The minimum atomic E-state index is -0.164. The van der Waals surface area contributed by atoms with E-state index in [9.17, 15) is 9.59 Å². The Bertz CT molecular complexity index is 532. The number of likely N-dealkylation sites (tertiary alicyclic amines) is 1. The van der Waals surface area contributed by atoms with Gasteiger partial charge in [0.15, 0.2) is 0 Å². The molecule has 0 bridgehead atoms. The van der Waals surface area contributed by atoms with Crippen LogP contribution >= 0.6 is 11.3 Å². The molecule has 1 fully saturated rings. The van der Waals surface area contributed by atoms with Crippen molar-refractivity contribution < 1.29 is 9.59 Å². The fourth-order valence-electron chi connectivity index (χ4n) is 2.92. The molecule has 0 radical (unpaired) electrons. The summed E-state index contributed by atoms with van der Waals surface area (Å²) in [7, 11) is 0. The van der Waals surface area contributed by atoms with Gasteiger partial charge in [0, 0.05) is 31.8 Å². The maximum Gasteiger partial charge on any atom is 0.226 e. The number of aromatic nitrogens is 2. The molecule has 128 valence electrons. The van der Waals surface area contributed by atoms with E-state index in [0.717, 1.165) is 43.7 Å². The first-order valence-corrected chi connectivity index (χ1v) is 9.37. The number of carbonyl (C=O) groups is 2. The molecular weight excluding hydrogens is 312 g/mol. The molecule has 2 amide bonds. The van der Waals surface area contributed by atoms with Crippen molar-refractivity contribution in [1.29, 1.82) is 0 Å². The standard InChI is InChI=1S/C16H26N4O2S/c1-3-7-14-18-19-16(23-14)17-13(21)9-10-15(22)20-11-6-5-8-12(20)4-2/h12H,3-11H2,1-2H3,(H,17,19,21)/t12-/m1/s1. The van der Waals surface area contributed by atoms with Gasteiger partial charge < -0.3 is 10.2 Å². The summed E-state index contributed by atoms with van der Waals surface area (Å²) in [4.78, 5) is 26.3. The van der Waals surface area contributed by atoms with Crippen molar-refractivity contribution in [3.8, 4) is 0 Å². The van der Waals surface area contributed by atoms with Gasteiger partial charge in [0.05, 0.1) is 0 Å². The summed E-state index contributed by atoms with van der Waals surface area (Å²) in [5.41, 5.74) is 0. The Labute approximate surface area is 141 Å². The minimum Gasteiger partial charge on any atom is -0.340 e. The Hall–Kier alpha value is -1.50. The Morgan fingerprint density at radius 3 is 2.83 bits per heavy atom. The lowest BCUT2D eigenvalue weighted by Crippen LogP contribution is -2.43. The van der Waals surface area contributed by atoms with Gasteiger partial charge in [-0.15, -0.1) is 10.2 Å². The average Bonchev–Trinajstić information content (AvgIpc) is 3.00. The van der Waals surface area contributed by atoms with Crippen molar-refractivity contribution in [2.45, 2.75) is 71.3 Å². The number of nitrogens with one attached hydrogen (secondary N) is 1. The van der Waals surface area contributed by atoms with Crippen LogP contribution in [-0.2, 0) is 16.0 Å². The Morgan fingerprint density at radius 2 is 2.09 bits per heavy atom. The second-order valence-corrected chi connectivity index (χ2v) is 7.01. The summed E-state index contributed by atoms with van der Waals surface area (Å²) in [5, 5.41) is 12.2.